The Kier molecular flexibility index (Phi) is 5.02. The molecule has 0 aliphatic rings. The highest BCUT2D eigenvalue weighted by Gasteiger charge is 2.19. The molecule has 0 aliphatic carbocycles. The number of amides is 1. The van der Waals surface area contributed by atoms with Gasteiger partial charge in [0.15, 0.2) is 0 Å². The number of hydrogen-bond donors (Lipinski definition) is 1. The fraction of sp³-hybridized carbons (Fsp3) is 0.235. The number of carbonyl (C=O) groups excluding carboxylic acids is 1. The average molecular weight is 348 g/mol. The van der Waals surface area contributed by atoms with E-state index in [4.69, 9.17) is 0 Å². The molecule has 110 valence electrons. The lowest BCUT2D eigenvalue weighted by Gasteiger charge is -2.27. The molecular weight excluding hydrogens is 330 g/mol. The molecule has 0 fully saturated rings. The lowest BCUT2D eigenvalue weighted by molar-refractivity contribution is 0.0690. The molecule has 0 saturated heterocycles. The van der Waals surface area contributed by atoms with Crippen LogP contribution in [0.4, 0.5) is 0 Å². The lowest BCUT2D eigenvalue weighted by Crippen LogP contribution is -2.36. The van der Waals surface area contributed by atoms with Crippen molar-refractivity contribution in [3.63, 3.8) is 0 Å². The third kappa shape index (κ3) is 3.85. The molecule has 2 aromatic rings. The van der Waals surface area contributed by atoms with Crippen molar-refractivity contribution in [2.75, 3.05) is 0 Å². The number of phenols is 1. The van der Waals surface area contributed by atoms with Crippen LogP contribution in [-0.2, 0) is 6.54 Å². The zero-order valence-corrected chi connectivity index (χ0v) is 13.7. The highest BCUT2D eigenvalue weighted by atomic mass is 79.9. The van der Waals surface area contributed by atoms with Gasteiger partial charge in [-0.1, -0.05) is 30.3 Å². The number of carbonyl (C=O) groups is 1. The molecule has 1 amide bonds. The number of hydrogen-bond acceptors (Lipinski definition) is 2. The van der Waals surface area contributed by atoms with Crippen LogP contribution in [0.2, 0.25) is 0 Å². The predicted molar refractivity (Wildman–Crippen MR) is 87.3 cm³/mol. The second-order valence-electron chi connectivity index (χ2n) is 5.18. The third-order valence-corrected chi connectivity index (χ3v) is 3.94. The molecule has 1 N–H and O–H groups in total. The molecule has 0 radical (unpaired) electrons. The first kappa shape index (κ1) is 15.6. The fourth-order valence-corrected chi connectivity index (χ4v) is 2.33. The Bertz CT molecular complexity index is 626. The maximum atomic E-state index is 12.7. The molecule has 0 saturated carbocycles. The molecule has 0 aromatic heterocycles. The molecular formula is C17H18BrNO2. The minimum absolute atomic E-state index is 0.0727. The molecule has 0 aliphatic heterocycles. The first-order valence-electron chi connectivity index (χ1n) is 6.82. The summed E-state index contributed by atoms with van der Waals surface area (Å²) < 4.78 is 0.582. The largest absolute Gasteiger partial charge is 0.507 e. The molecule has 2 aromatic carbocycles. The lowest BCUT2D eigenvalue weighted by atomic mass is 10.1. The van der Waals surface area contributed by atoms with Gasteiger partial charge in [-0.2, -0.15) is 0 Å². The van der Waals surface area contributed by atoms with Crippen LogP contribution in [0, 0.1) is 0 Å². The highest BCUT2D eigenvalue weighted by molar-refractivity contribution is 9.10. The van der Waals surface area contributed by atoms with Crippen molar-refractivity contribution in [2.45, 2.75) is 26.4 Å². The van der Waals surface area contributed by atoms with Gasteiger partial charge < -0.3 is 10.0 Å². The van der Waals surface area contributed by atoms with Crippen LogP contribution < -0.4 is 0 Å². The topological polar surface area (TPSA) is 40.5 Å². The maximum Gasteiger partial charge on any atom is 0.254 e. The van der Waals surface area contributed by atoms with Gasteiger partial charge in [0.2, 0.25) is 0 Å². The molecule has 0 heterocycles. The van der Waals surface area contributed by atoms with Gasteiger partial charge in [-0.3, -0.25) is 4.79 Å². The Morgan fingerprint density at radius 3 is 2.43 bits per heavy atom. The Hall–Kier alpha value is -1.81. The summed E-state index contributed by atoms with van der Waals surface area (Å²) in [6.45, 7) is 4.52. The molecule has 3 nitrogen and oxygen atoms in total. The van der Waals surface area contributed by atoms with Gasteiger partial charge in [0.05, 0.1) is 4.47 Å². The summed E-state index contributed by atoms with van der Waals surface area (Å²) >= 11 is 3.22. The Morgan fingerprint density at radius 2 is 1.86 bits per heavy atom. The second-order valence-corrected chi connectivity index (χ2v) is 6.03. The van der Waals surface area contributed by atoms with Gasteiger partial charge in [0.1, 0.15) is 5.75 Å². The van der Waals surface area contributed by atoms with Crippen LogP contribution in [0.15, 0.2) is 53.0 Å². The summed E-state index contributed by atoms with van der Waals surface area (Å²) in [7, 11) is 0. The van der Waals surface area contributed by atoms with Crippen molar-refractivity contribution >= 4 is 21.8 Å². The molecule has 0 bridgehead atoms. The van der Waals surface area contributed by atoms with E-state index >= 15 is 0 Å². The Morgan fingerprint density at radius 1 is 1.19 bits per heavy atom. The quantitative estimate of drug-likeness (QED) is 0.899. The van der Waals surface area contributed by atoms with Crippen LogP contribution in [0.1, 0.15) is 29.8 Å². The van der Waals surface area contributed by atoms with Crippen molar-refractivity contribution < 1.29 is 9.90 Å². The molecule has 0 spiro atoms. The van der Waals surface area contributed by atoms with Crippen LogP contribution in [0.3, 0.4) is 0 Å². The summed E-state index contributed by atoms with van der Waals surface area (Å²) in [5.74, 6) is -0.0130. The minimum atomic E-state index is -0.0864. The standard InChI is InChI=1S/C17H18BrNO2/c1-12(2)19(11-13-6-4-3-5-7-13)17(21)14-8-9-15(18)16(20)10-14/h3-10,12,20H,11H2,1-2H3. The monoisotopic (exact) mass is 347 g/mol. The summed E-state index contributed by atoms with van der Waals surface area (Å²) in [6.07, 6.45) is 0. The number of halogens is 1. The zero-order chi connectivity index (χ0) is 15.4. The third-order valence-electron chi connectivity index (χ3n) is 3.27. The molecule has 0 atom stereocenters. The van der Waals surface area contributed by atoms with E-state index in [0.29, 0.717) is 16.6 Å². The Balaban J connectivity index is 2.25. The van der Waals surface area contributed by atoms with E-state index in [-0.39, 0.29) is 17.7 Å². The predicted octanol–water partition coefficient (Wildman–Crippen LogP) is 4.21. The highest BCUT2D eigenvalue weighted by Crippen LogP contribution is 2.25. The van der Waals surface area contributed by atoms with E-state index in [1.807, 2.05) is 44.2 Å². The summed E-state index contributed by atoms with van der Waals surface area (Å²) in [5, 5.41) is 9.74. The second kappa shape index (κ2) is 6.76. The van der Waals surface area contributed by atoms with Gasteiger partial charge in [-0.25, -0.2) is 0 Å². The Labute approximate surface area is 133 Å². The van der Waals surface area contributed by atoms with Crippen molar-refractivity contribution in [2.24, 2.45) is 0 Å². The number of phenolic OH excluding ortho intramolecular Hbond substituents is 1. The molecule has 0 unspecified atom stereocenters. The fourth-order valence-electron chi connectivity index (χ4n) is 2.08. The SMILES string of the molecule is CC(C)N(Cc1ccccc1)C(=O)c1ccc(Br)c(O)c1. The van der Waals surface area contributed by atoms with Gasteiger partial charge in [0, 0.05) is 18.2 Å². The molecule has 21 heavy (non-hydrogen) atoms. The summed E-state index contributed by atoms with van der Waals surface area (Å²) in [4.78, 5) is 14.4. The molecule has 2 rings (SSSR count). The minimum Gasteiger partial charge on any atom is -0.507 e. The van der Waals surface area contributed by atoms with Gasteiger partial charge in [0.25, 0.3) is 5.91 Å². The van der Waals surface area contributed by atoms with Crippen LogP contribution >= 0.6 is 15.9 Å². The van der Waals surface area contributed by atoms with E-state index in [9.17, 15) is 9.90 Å². The van der Waals surface area contributed by atoms with E-state index in [2.05, 4.69) is 15.9 Å². The van der Waals surface area contributed by atoms with Crippen LogP contribution in [0.25, 0.3) is 0 Å². The normalized spacial score (nSPS) is 10.7. The first-order valence-corrected chi connectivity index (χ1v) is 7.61. The maximum absolute atomic E-state index is 12.7. The zero-order valence-electron chi connectivity index (χ0n) is 12.1. The van der Waals surface area contributed by atoms with E-state index in [0.717, 1.165) is 5.56 Å². The van der Waals surface area contributed by atoms with Gasteiger partial charge >= 0.3 is 0 Å². The van der Waals surface area contributed by atoms with Crippen molar-refractivity contribution in [3.05, 3.63) is 64.1 Å². The number of rotatable bonds is 4. The van der Waals surface area contributed by atoms with Crippen LogP contribution in [-0.4, -0.2) is 22.0 Å². The van der Waals surface area contributed by atoms with Crippen molar-refractivity contribution in [1.82, 2.24) is 4.90 Å². The van der Waals surface area contributed by atoms with Crippen LogP contribution in [0.5, 0.6) is 5.75 Å². The first-order chi connectivity index (χ1) is 9.99. The van der Waals surface area contributed by atoms with E-state index in [1.165, 1.54) is 6.07 Å². The van der Waals surface area contributed by atoms with Crippen molar-refractivity contribution in [3.8, 4) is 5.75 Å². The van der Waals surface area contributed by atoms with Gasteiger partial charge in [-0.15, -0.1) is 0 Å². The smallest absolute Gasteiger partial charge is 0.254 e. The molecule has 4 heteroatoms. The number of nitrogens with zero attached hydrogens (tertiary/aromatic N) is 1. The summed E-state index contributed by atoms with van der Waals surface area (Å²) in [6, 6.07) is 14.8. The van der Waals surface area contributed by atoms with Crippen molar-refractivity contribution in [1.29, 1.82) is 0 Å². The van der Waals surface area contributed by atoms with E-state index in [1.54, 1.807) is 17.0 Å². The average Bonchev–Trinajstić information content (AvgIpc) is 2.47. The summed E-state index contributed by atoms with van der Waals surface area (Å²) in [5.41, 5.74) is 1.57. The number of aromatic hydroxyl groups is 1. The van der Waals surface area contributed by atoms with E-state index < -0.39 is 0 Å². The van der Waals surface area contributed by atoms with Gasteiger partial charge in [-0.05, 0) is 53.5 Å². The number of benzene rings is 2.